The average Bonchev–Trinajstić information content (AvgIpc) is 3.17. The third-order valence-corrected chi connectivity index (χ3v) is 6.88. The molecule has 1 saturated heterocycles. The van der Waals surface area contributed by atoms with Crippen LogP contribution in [0.15, 0.2) is 89.8 Å². The van der Waals surface area contributed by atoms with E-state index in [4.69, 9.17) is 21.7 Å². The fourth-order valence-corrected chi connectivity index (χ4v) is 5.07. The highest BCUT2D eigenvalue weighted by molar-refractivity contribution is 8.26. The average molecular weight is 518 g/mol. The molecular weight excluding hydrogens is 490 g/mol. The maximum Gasteiger partial charge on any atom is 0.333 e. The molecule has 3 aromatic carbocycles. The molecule has 0 saturated carbocycles. The van der Waals surface area contributed by atoms with Gasteiger partial charge in [0.05, 0.1) is 18.1 Å². The SMILES string of the molecule is CCCOC(=O)C(c1ccccc1)N1C(=O)/C(=C/c2ccc(OCCc3ccccc3)cc2)SC1=S. The van der Waals surface area contributed by atoms with Crippen LogP contribution in [0.2, 0.25) is 0 Å². The second-order valence-electron chi connectivity index (χ2n) is 8.19. The number of hydrogen-bond acceptors (Lipinski definition) is 6. The zero-order valence-corrected chi connectivity index (χ0v) is 21.6. The fourth-order valence-electron chi connectivity index (χ4n) is 3.75. The van der Waals surface area contributed by atoms with E-state index < -0.39 is 12.0 Å². The van der Waals surface area contributed by atoms with E-state index in [1.54, 1.807) is 18.2 Å². The summed E-state index contributed by atoms with van der Waals surface area (Å²) in [7, 11) is 0. The molecule has 0 aromatic heterocycles. The van der Waals surface area contributed by atoms with Crippen molar-refractivity contribution in [3.05, 3.63) is 107 Å². The van der Waals surface area contributed by atoms with Gasteiger partial charge in [-0.3, -0.25) is 9.69 Å². The van der Waals surface area contributed by atoms with Gasteiger partial charge in [-0.1, -0.05) is 104 Å². The Labute approximate surface area is 221 Å². The van der Waals surface area contributed by atoms with Crippen LogP contribution in [0.5, 0.6) is 5.75 Å². The minimum absolute atomic E-state index is 0.284. The van der Waals surface area contributed by atoms with Crippen LogP contribution < -0.4 is 4.74 Å². The second-order valence-corrected chi connectivity index (χ2v) is 9.86. The predicted molar refractivity (Wildman–Crippen MR) is 148 cm³/mol. The van der Waals surface area contributed by atoms with Gasteiger partial charge in [0.1, 0.15) is 10.1 Å². The molecular formula is C29H27NO4S2. The van der Waals surface area contributed by atoms with Crippen molar-refractivity contribution in [1.29, 1.82) is 0 Å². The van der Waals surface area contributed by atoms with E-state index in [0.717, 1.165) is 17.7 Å². The van der Waals surface area contributed by atoms with Crippen LogP contribution in [-0.2, 0) is 20.7 Å². The van der Waals surface area contributed by atoms with Crippen molar-refractivity contribution in [2.24, 2.45) is 0 Å². The fraction of sp³-hybridized carbons (Fsp3) is 0.207. The van der Waals surface area contributed by atoms with E-state index in [0.29, 0.717) is 27.8 Å². The van der Waals surface area contributed by atoms with E-state index >= 15 is 0 Å². The molecule has 0 aliphatic carbocycles. The third kappa shape index (κ3) is 6.42. The maximum atomic E-state index is 13.4. The van der Waals surface area contributed by atoms with E-state index in [9.17, 15) is 9.59 Å². The summed E-state index contributed by atoms with van der Waals surface area (Å²) >= 11 is 6.71. The molecule has 4 rings (SSSR count). The number of benzene rings is 3. The molecule has 36 heavy (non-hydrogen) atoms. The van der Waals surface area contributed by atoms with E-state index in [1.807, 2.05) is 67.6 Å². The Balaban J connectivity index is 1.46. The second kappa shape index (κ2) is 12.5. The quantitative estimate of drug-likeness (QED) is 0.181. The van der Waals surface area contributed by atoms with Crippen LogP contribution in [0.1, 0.15) is 36.1 Å². The molecule has 1 amide bonds. The monoisotopic (exact) mass is 517 g/mol. The molecule has 1 aliphatic rings. The number of thioether (sulfide) groups is 1. The van der Waals surface area contributed by atoms with Crippen LogP contribution in [0.25, 0.3) is 6.08 Å². The highest BCUT2D eigenvalue weighted by Gasteiger charge is 2.42. The molecule has 0 radical (unpaired) electrons. The van der Waals surface area contributed by atoms with Gasteiger partial charge in [0.2, 0.25) is 0 Å². The molecule has 5 nitrogen and oxygen atoms in total. The Bertz CT molecular complexity index is 1230. The number of carbonyl (C=O) groups excluding carboxylic acids is 2. The minimum atomic E-state index is -0.920. The van der Waals surface area contributed by atoms with Gasteiger partial charge in [-0.15, -0.1) is 0 Å². The molecule has 1 heterocycles. The first-order valence-electron chi connectivity index (χ1n) is 11.8. The minimum Gasteiger partial charge on any atom is -0.493 e. The van der Waals surface area contributed by atoms with Crippen molar-refractivity contribution in [3.8, 4) is 5.75 Å². The van der Waals surface area contributed by atoms with Crippen molar-refractivity contribution >= 4 is 46.3 Å². The number of amides is 1. The molecule has 7 heteroatoms. The molecule has 0 bridgehead atoms. The van der Waals surface area contributed by atoms with Crippen molar-refractivity contribution in [2.75, 3.05) is 13.2 Å². The Morgan fingerprint density at radius 3 is 2.31 bits per heavy atom. The maximum absolute atomic E-state index is 13.4. The highest BCUT2D eigenvalue weighted by atomic mass is 32.2. The number of thiocarbonyl (C=S) groups is 1. The van der Waals surface area contributed by atoms with Gasteiger partial charge in [-0.25, -0.2) is 4.79 Å². The van der Waals surface area contributed by atoms with Gasteiger partial charge in [0.15, 0.2) is 6.04 Å². The number of hydrogen-bond donors (Lipinski definition) is 0. The highest BCUT2D eigenvalue weighted by Crippen LogP contribution is 2.39. The lowest BCUT2D eigenvalue weighted by molar-refractivity contribution is -0.151. The molecule has 1 unspecified atom stereocenters. The smallest absolute Gasteiger partial charge is 0.333 e. The zero-order valence-electron chi connectivity index (χ0n) is 20.0. The summed E-state index contributed by atoms with van der Waals surface area (Å²) in [6.07, 6.45) is 3.30. The lowest BCUT2D eigenvalue weighted by Crippen LogP contribution is -2.38. The Kier molecular flexibility index (Phi) is 8.92. The summed E-state index contributed by atoms with van der Waals surface area (Å²) in [6.45, 7) is 2.79. The Morgan fingerprint density at radius 2 is 1.64 bits per heavy atom. The molecule has 3 aromatic rings. The summed E-state index contributed by atoms with van der Waals surface area (Å²) in [6, 6.07) is 25.9. The van der Waals surface area contributed by atoms with Crippen LogP contribution in [0.4, 0.5) is 0 Å². The molecule has 1 atom stereocenters. The van der Waals surface area contributed by atoms with Crippen LogP contribution >= 0.6 is 24.0 Å². The van der Waals surface area contributed by atoms with Gasteiger partial charge >= 0.3 is 5.97 Å². The van der Waals surface area contributed by atoms with Crippen molar-refractivity contribution in [3.63, 3.8) is 0 Å². The lowest BCUT2D eigenvalue weighted by Gasteiger charge is -2.25. The van der Waals surface area contributed by atoms with E-state index in [1.165, 1.54) is 22.2 Å². The summed E-state index contributed by atoms with van der Waals surface area (Å²) in [5.74, 6) is -0.0356. The first-order chi connectivity index (χ1) is 17.6. The topological polar surface area (TPSA) is 55.8 Å². The molecule has 1 fully saturated rings. The third-order valence-electron chi connectivity index (χ3n) is 5.55. The normalized spacial score (nSPS) is 15.2. The Morgan fingerprint density at radius 1 is 0.972 bits per heavy atom. The Hall–Kier alpha value is -3.42. The number of esters is 1. The summed E-state index contributed by atoms with van der Waals surface area (Å²) < 4.78 is 11.6. The van der Waals surface area contributed by atoms with E-state index in [-0.39, 0.29) is 12.5 Å². The zero-order chi connectivity index (χ0) is 25.3. The number of nitrogens with zero attached hydrogens (tertiary/aromatic N) is 1. The van der Waals surface area contributed by atoms with Crippen LogP contribution in [0.3, 0.4) is 0 Å². The van der Waals surface area contributed by atoms with Gasteiger partial charge in [-0.05, 0) is 41.3 Å². The van der Waals surface area contributed by atoms with Crippen molar-refractivity contribution in [1.82, 2.24) is 4.90 Å². The number of ether oxygens (including phenoxy) is 2. The summed E-state index contributed by atoms with van der Waals surface area (Å²) in [4.78, 5) is 28.1. The largest absolute Gasteiger partial charge is 0.493 e. The molecule has 184 valence electrons. The lowest BCUT2D eigenvalue weighted by atomic mass is 10.1. The predicted octanol–water partition coefficient (Wildman–Crippen LogP) is 6.20. The number of rotatable bonds is 10. The van der Waals surface area contributed by atoms with Crippen LogP contribution in [-0.4, -0.2) is 34.3 Å². The van der Waals surface area contributed by atoms with Gasteiger partial charge in [0.25, 0.3) is 5.91 Å². The van der Waals surface area contributed by atoms with Gasteiger partial charge < -0.3 is 9.47 Å². The summed E-state index contributed by atoms with van der Waals surface area (Å²) in [5, 5.41) is 0. The van der Waals surface area contributed by atoms with Crippen LogP contribution in [0, 0.1) is 0 Å². The molecule has 0 spiro atoms. The standard InChI is InChI=1S/C29H27NO4S2/c1-2-18-34-28(32)26(23-11-7-4-8-12-23)30-27(31)25(36-29(30)35)20-22-13-15-24(16-14-22)33-19-17-21-9-5-3-6-10-21/h3-16,20,26H,2,17-19H2,1H3/b25-20-. The number of carbonyl (C=O) groups is 2. The van der Waals surface area contributed by atoms with Crippen molar-refractivity contribution in [2.45, 2.75) is 25.8 Å². The van der Waals surface area contributed by atoms with Gasteiger partial charge in [-0.2, -0.15) is 0 Å². The summed E-state index contributed by atoms with van der Waals surface area (Å²) in [5.41, 5.74) is 2.73. The van der Waals surface area contributed by atoms with E-state index in [2.05, 4.69) is 12.1 Å². The van der Waals surface area contributed by atoms with Crippen molar-refractivity contribution < 1.29 is 19.1 Å². The molecule has 0 N–H and O–H groups in total. The first-order valence-corrected chi connectivity index (χ1v) is 13.0. The first kappa shape index (κ1) is 25.7. The molecule has 1 aliphatic heterocycles. The van der Waals surface area contributed by atoms with Gasteiger partial charge in [0, 0.05) is 6.42 Å².